The van der Waals surface area contributed by atoms with Gasteiger partial charge in [-0.1, -0.05) is 48.8 Å². The topological polar surface area (TPSA) is 75.4 Å². The summed E-state index contributed by atoms with van der Waals surface area (Å²) in [6.45, 7) is 7.06. The first-order valence-electron chi connectivity index (χ1n) is 9.55. The van der Waals surface area contributed by atoms with Gasteiger partial charge >= 0.3 is 0 Å². The molecule has 0 aliphatic heterocycles. The fourth-order valence-electron chi connectivity index (χ4n) is 2.87. The van der Waals surface area contributed by atoms with Crippen molar-refractivity contribution in [1.29, 1.82) is 0 Å². The molecule has 1 fully saturated rings. The molecule has 0 spiro atoms. The van der Waals surface area contributed by atoms with E-state index in [1.54, 1.807) is 11.0 Å². The quantitative estimate of drug-likeness (QED) is 0.774. The highest BCUT2D eigenvalue weighted by atomic mass is 16.5. The SMILES string of the molecule is Cc1ccc(-c2cc(C(=O)N(CCC(=O)NC3CC3)CC(C)C)no2)cc1. The molecule has 144 valence electrons. The predicted octanol–water partition coefficient (Wildman–Crippen LogP) is 3.42. The van der Waals surface area contributed by atoms with E-state index in [0.717, 1.165) is 24.0 Å². The van der Waals surface area contributed by atoms with Gasteiger partial charge in [0.15, 0.2) is 11.5 Å². The molecule has 1 aliphatic carbocycles. The van der Waals surface area contributed by atoms with Gasteiger partial charge in [0.2, 0.25) is 5.91 Å². The van der Waals surface area contributed by atoms with Crippen LogP contribution >= 0.6 is 0 Å². The number of nitrogens with one attached hydrogen (secondary N) is 1. The summed E-state index contributed by atoms with van der Waals surface area (Å²) in [6.07, 6.45) is 2.42. The van der Waals surface area contributed by atoms with Crippen molar-refractivity contribution < 1.29 is 14.1 Å². The molecule has 0 radical (unpaired) electrons. The minimum atomic E-state index is -0.204. The van der Waals surface area contributed by atoms with E-state index in [9.17, 15) is 9.59 Å². The Morgan fingerprint density at radius 1 is 1.26 bits per heavy atom. The first-order chi connectivity index (χ1) is 12.9. The maximum atomic E-state index is 12.9. The van der Waals surface area contributed by atoms with Crippen molar-refractivity contribution in [3.05, 3.63) is 41.6 Å². The number of nitrogens with zero attached hydrogens (tertiary/aromatic N) is 2. The lowest BCUT2D eigenvalue weighted by molar-refractivity contribution is -0.121. The summed E-state index contributed by atoms with van der Waals surface area (Å²) in [4.78, 5) is 26.6. The molecule has 27 heavy (non-hydrogen) atoms. The number of benzene rings is 1. The van der Waals surface area contributed by atoms with E-state index in [0.29, 0.717) is 37.2 Å². The third-order valence-corrected chi connectivity index (χ3v) is 4.49. The summed E-state index contributed by atoms with van der Waals surface area (Å²) in [6, 6.07) is 9.87. The second kappa shape index (κ2) is 8.37. The van der Waals surface area contributed by atoms with Crippen molar-refractivity contribution in [3.8, 4) is 11.3 Å². The van der Waals surface area contributed by atoms with Gasteiger partial charge in [0.1, 0.15) is 0 Å². The maximum absolute atomic E-state index is 12.9. The zero-order valence-electron chi connectivity index (χ0n) is 16.2. The van der Waals surface area contributed by atoms with Crippen molar-refractivity contribution in [2.45, 2.75) is 46.1 Å². The second-order valence-electron chi connectivity index (χ2n) is 7.68. The lowest BCUT2D eigenvalue weighted by atomic mass is 10.1. The molecule has 1 saturated carbocycles. The van der Waals surface area contributed by atoms with Crippen LogP contribution in [0.25, 0.3) is 11.3 Å². The number of aryl methyl sites for hydroxylation is 1. The van der Waals surface area contributed by atoms with Gasteiger partial charge < -0.3 is 14.7 Å². The Balaban J connectivity index is 1.67. The average Bonchev–Trinajstić information content (AvgIpc) is 3.30. The van der Waals surface area contributed by atoms with E-state index < -0.39 is 0 Å². The van der Waals surface area contributed by atoms with Crippen molar-refractivity contribution in [1.82, 2.24) is 15.4 Å². The van der Waals surface area contributed by atoms with Crippen LogP contribution in [0.4, 0.5) is 0 Å². The van der Waals surface area contributed by atoms with Crippen LogP contribution in [0, 0.1) is 12.8 Å². The highest BCUT2D eigenvalue weighted by Crippen LogP contribution is 2.22. The Kier molecular flexibility index (Phi) is 5.94. The van der Waals surface area contributed by atoms with Gasteiger partial charge in [-0.3, -0.25) is 9.59 Å². The predicted molar refractivity (Wildman–Crippen MR) is 103 cm³/mol. The number of aromatic nitrogens is 1. The minimum Gasteiger partial charge on any atom is -0.355 e. The van der Waals surface area contributed by atoms with Gasteiger partial charge in [0, 0.05) is 37.2 Å². The van der Waals surface area contributed by atoms with Gasteiger partial charge in [-0.2, -0.15) is 0 Å². The van der Waals surface area contributed by atoms with Gasteiger partial charge in [0.25, 0.3) is 5.91 Å². The molecule has 6 nitrogen and oxygen atoms in total. The second-order valence-corrected chi connectivity index (χ2v) is 7.68. The van der Waals surface area contributed by atoms with Crippen LogP contribution in [0.2, 0.25) is 0 Å². The zero-order valence-corrected chi connectivity index (χ0v) is 16.2. The van der Waals surface area contributed by atoms with Crippen LogP contribution in [-0.2, 0) is 4.79 Å². The van der Waals surface area contributed by atoms with E-state index in [4.69, 9.17) is 4.52 Å². The highest BCUT2D eigenvalue weighted by Gasteiger charge is 2.25. The van der Waals surface area contributed by atoms with Crippen molar-refractivity contribution in [2.75, 3.05) is 13.1 Å². The van der Waals surface area contributed by atoms with Crippen LogP contribution in [0.1, 0.15) is 49.2 Å². The van der Waals surface area contributed by atoms with Crippen molar-refractivity contribution >= 4 is 11.8 Å². The third kappa shape index (κ3) is 5.42. The number of carbonyl (C=O) groups excluding carboxylic acids is 2. The van der Waals surface area contributed by atoms with Gasteiger partial charge in [0.05, 0.1) is 0 Å². The minimum absolute atomic E-state index is 0.000414. The molecule has 2 aromatic rings. The number of hydrogen-bond acceptors (Lipinski definition) is 4. The lowest BCUT2D eigenvalue weighted by Crippen LogP contribution is -2.38. The summed E-state index contributed by atoms with van der Waals surface area (Å²) in [5.41, 5.74) is 2.31. The molecule has 1 aromatic carbocycles. The Labute approximate surface area is 159 Å². The van der Waals surface area contributed by atoms with Crippen molar-refractivity contribution in [2.24, 2.45) is 5.92 Å². The zero-order chi connectivity index (χ0) is 19.4. The number of hydrogen-bond donors (Lipinski definition) is 1. The monoisotopic (exact) mass is 369 g/mol. The molecule has 0 atom stereocenters. The van der Waals surface area contributed by atoms with Crippen LogP contribution < -0.4 is 5.32 Å². The third-order valence-electron chi connectivity index (χ3n) is 4.49. The highest BCUT2D eigenvalue weighted by molar-refractivity contribution is 5.93. The molecule has 0 saturated heterocycles. The van der Waals surface area contributed by atoms with Gasteiger partial charge in [-0.05, 0) is 25.7 Å². The number of amides is 2. The first-order valence-corrected chi connectivity index (χ1v) is 9.55. The molecular formula is C21H27N3O3. The number of rotatable bonds is 8. The summed E-state index contributed by atoms with van der Waals surface area (Å²) in [7, 11) is 0. The Morgan fingerprint density at radius 2 is 1.96 bits per heavy atom. The van der Waals surface area contributed by atoms with Crippen molar-refractivity contribution in [3.63, 3.8) is 0 Å². The number of carbonyl (C=O) groups is 2. The maximum Gasteiger partial charge on any atom is 0.276 e. The van der Waals surface area contributed by atoms with Gasteiger partial charge in [-0.25, -0.2) is 0 Å². The van der Waals surface area contributed by atoms with E-state index in [2.05, 4.69) is 10.5 Å². The fraction of sp³-hybridized carbons (Fsp3) is 0.476. The average molecular weight is 369 g/mol. The summed E-state index contributed by atoms with van der Waals surface area (Å²) in [5.74, 6) is 0.655. The lowest BCUT2D eigenvalue weighted by Gasteiger charge is -2.23. The normalized spacial score (nSPS) is 13.6. The van der Waals surface area contributed by atoms with E-state index in [1.165, 1.54) is 0 Å². The van der Waals surface area contributed by atoms with Gasteiger partial charge in [-0.15, -0.1) is 0 Å². The van der Waals surface area contributed by atoms with Crippen LogP contribution in [0.15, 0.2) is 34.9 Å². The Bertz CT molecular complexity index is 791. The Morgan fingerprint density at radius 3 is 2.59 bits per heavy atom. The molecule has 6 heteroatoms. The molecule has 1 N–H and O–H groups in total. The molecular weight excluding hydrogens is 342 g/mol. The summed E-state index contributed by atoms with van der Waals surface area (Å²) in [5, 5.41) is 6.92. The smallest absolute Gasteiger partial charge is 0.276 e. The molecule has 1 aromatic heterocycles. The molecule has 2 amide bonds. The Hall–Kier alpha value is -2.63. The van der Waals surface area contributed by atoms with E-state index in [1.807, 2.05) is 45.0 Å². The van der Waals surface area contributed by atoms with Crippen LogP contribution in [0.5, 0.6) is 0 Å². The summed E-state index contributed by atoms with van der Waals surface area (Å²) >= 11 is 0. The van der Waals surface area contributed by atoms with Crippen LogP contribution in [-0.4, -0.2) is 41.0 Å². The van der Waals surface area contributed by atoms with E-state index in [-0.39, 0.29) is 17.5 Å². The molecule has 0 unspecified atom stereocenters. The molecule has 3 rings (SSSR count). The standard InChI is InChI=1S/C21H27N3O3/c1-14(2)13-24(11-10-20(25)22-17-8-9-17)21(26)18-12-19(27-23-18)16-6-4-15(3)5-7-16/h4-7,12,14,17H,8-11,13H2,1-3H3,(H,22,25). The fourth-order valence-corrected chi connectivity index (χ4v) is 2.87. The molecule has 1 aliphatic rings. The van der Waals surface area contributed by atoms with E-state index >= 15 is 0 Å². The largest absolute Gasteiger partial charge is 0.355 e. The molecule has 0 bridgehead atoms. The summed E-state index contributed by atoms with van der Waals surface area (Å²) < 4.78 is 5.38. The van der Waals surface area contributed by atoms with Crippen LogP contribution in [0.3, 0.4) is 0 Å². The first kappa shape index (κ1) is 19.1. The molecule has 1 heterocycles.